The molecule has 0 radical (unpaired) electrons. The highest BCUT2D eigenvalue weighted by atomic mass is 16.1. The Bertz CT molecular complexity index is 423. The minimum Gasteiger partial charge on any atom is -0.211 e. The van der Waals surface area contributed by atoms with Crippen LogP contribution in [-0.2, 0) is 10.3 Å². The van der Waals surface area contributed by atoms with Gasteiger partial charge < -0.3 is 0 Å². The SMILES string of the molecule is CC(C)(N=C=O)c1cccc(C#N)c1. The second kappa shape index (κ2) is 3.87. The van der Waals surface area contributed by atoms with E-state index >= 15 is 0 Å². The maximum Gasteiger partial charge on any atom is 0.235 e. The highest BCUT2D eigenvalue weighted by Crippen LogP contribution is 2.24. The van der Waals surface area contributed by atoms with E-state index < -0.39 is 5.54 Å². The average molecular weight is 186 g/mol. The lowest BCUT2D eigenvalue weighted by Crippen LogP contribution is -2.13. The predicted molar refractivity (Wildman–Crippen MR) is 52.3 cm³/mol. The number of nitriles is 1. The van der Waals surface area contributed by atoms with Gasteiger partial charge in [-0.05, 0) is 31.5 Å². The van der Waals surface area contributed by atoms with E-state index in [4.69, 9.17) is 5.26 Å². The summed E-state index contributed by atoms with van der Waals surface area (Å²) in [4.78, 5) is 13.9. The highest BCUT2D eigenvalue weighted by molar-refractivity contribution is 5.40. The molecule has 0 aliphatic carbocycles. The van der Waals surface area contributed by atoms with Crippen LogP contribution in [0, 0.1) is 11.3 Å². The molecule has 0 fully saturated rings. The lowest BCUT2D eigenvalue weighted by molar-refractivity contribution is 0.523. The fourth-order valence-corrected chi connectivity index (χ4v) is 1.15. The molecular weight excluding hydrogens is 176 g/mol. The van der Waals surface area contributed by atoms with E-state index in [9.17, 15) is 4.79 Å². The molecular formula is C11H10N2O. The predicted octanol–water partition coefficient (Wildman–Crippen LogP) is 2.13. The van der Waals surface area contributed by atoms with E-state index in [1.807, 2.05) is 12.1 Å². The summed E-state index contributed by atoms with van der Waals surface area (Å²) in [5.74, 6) is 0. The molecule has 0 saturated carbocycles. The molecule has 0 amide bonds. The Morgan fingerprint density at radius 3 is 2.71 bits per heavy atom. The van der Waals surface area contributed by atoms with Crippen LogP contribution in [0.4, 0.5) is 0 Å². The number of nitrogens with zero attached hydrogens (tertiary/aromatic N) is 2. The zero-order chi connectivity index (χ0) is 10.6. The van der Waals surface area contributed by atoms with Crippen LogP contribution >= 0.6 is 0 Å². The topological polar surface area (TPSA) is 53.2 Å². The van der Waals surface area contributed by atoms with E-state index in [-0.39, 0.29) is 0 Å². The quantitative estimate of drug-likeness (QED) is 0.524. The van der Waals surface area contributed by atoms with Crippen molar-refractivity contribution in [1.82, 2.24) is 0 Å². The summed E-state index contributed by atoms with van der Waals surface area (Å²) in [7, 11) is 0. The number of aliphatic imine (C=N–C) groups is 1. The molecule has 14 heavy (non-hydrogen) atoms. The van der Waals surface area contributed by atoms with Gasteiger partial charge in [0.1, 0.15) is 0 Å². The molecule has 0 aliphatic rings. The van der Waals surface area contributed by atoms with Crippen molar-refractivity contribution in [3.63, 3.8) is 0 Å². The van der Waals surface area contributed by atoms with Crippen LogP contribution < -0.4 is 0 Å². The molecule has 0 unspecified atom stereocenters. The average Bonchev–Trinajstić information content (AvgIpc) is 2.18. The van der Waals surface area contributed by atoms with Gasteiger partial charge in [-0.25, -0.2) is 4.79 Å². The molecule has 0 spiro atoms. The standard InChI is InChI=1S/C11H10N2O/c1-11(2,13-8-14)10-5-3-4-9(6-10)7-12/h3-6H,1-2H3. The lowest BCUT2D eigenvalue weighted by Gasteiger charge is -2.17. The first kappa shape index (κ1) is 10.2. The fraction of sp³-hybridized carbons (Fsp3) is 0.273. The Kier molecular flexibility index (Phi) is 2.81. The number of hydrogen-bond acceptors (Lipinski definition) is 3. The van der Waals surface area contributed by atoms with E-state index in [1.54, 1.807) is 32.0 Å². The van der Waals surface area contributed by atoms with Gasteiger partial charge in [0.05, 0.1) is 17.2 Å². The summed E-state index contributed by atoms with van der Waals surface area (Å²) in [6, 6.07) is 9.09. The number of carbonyl (C=O) groups excluding carboxylic acids is 1. The van der Waals surface area contributed by atoms with Crippen molar-refractivity contribution in [3.05, 3.63) is 35.4 Å². The molecule has 70 valence electrons. The second-order valence-electron chi connectivity index (χ2n) is 3.45. The minimum atomic E-state index is -0.616. The lowest BCUT2D eigenvalue weighted by atomic mass is 9.94. The summed E-state index contributed by atoms with van der Waals surface area (Å²) in [6.07, 6.45) is 1.54. The molecule has 3 nitrogen and oxygen atoms in total. The van der Waals surface area contributed by atoms with Crippen LogP contribution in [0.5, 0.6) is 0 Å². The highest BCUT2D eigenvalue weighted by Gasteiger charge is 2.19. The monoisotopic (exact) mass is 186 g/mol. The van der Waals surface area contributed by atoms with Crippen LogP contribution in [-0.4, -0.2) is 6.08 Å². The number of hydrogen-bond donors (Lipinski definition) is 0. The van der Waals surface area contributed by atoms with Crippen LogP contribution in [0.15, 0.2) is 29.3 Å². The van der Waals surface area contributed by atoms with Crippen molar-refractivity contribution in [2.75, 3.05) is 0 Å². The van der Waals surface area contributed by atoms with Gasteiger partial charge in [0.15, 0.2) is 0 Å². The third-order valence-electron chi connectivity index (χ3n) is 2.02. The Hall–Kier alpha value is -1.91. The minimum absolute atomic E-state index is 0.566. The largest absolute Gasteiger partial charge is 0.235 e. The normalized spacial score (nSPS) is 10.1. The van der Waals surface area contributed by atoms with Crippen molar-refractivity contribution in [3.8, 4) is 6.07 Å². The molecule has 1 rings (SSSR count). The van der Waals surface area contributed by atoms with Gasteiger partial charge in [0.2, 0.25) is 6.08 Å². The first-order valence-corrected chi connectivity index (χ1v) is 4.20. The van der Waals surface area contributed by atoms with Gasteiger partial charge in [-0.1, -0.05) is 12.1 Å². The molecule has 0 N–H and O–H groups in total. The van der Waals surface area contributed by atoms with Gasteiger partial charge in [0.25, 0.3) is 0 Å². The van der Waals surface area contributed by atoms with Gasteiger partial charge in [-0.3, -0.25) is 0 Å². The Morgan fingerprint density at radius 1 is 1.43 bits per heavy atom. The van der Waals surface area contributed by atoms with E-state index in [0.717, 1.165) is 5.56 Å². The van der Waals surface area contributed by atoms with E-state index in [1.165, 1.54) is 6.08 Å². The summed E-state index contributed by atoms with van der Waals surface area (Å²) in [5.41, 5.74) is 0.783. The van der Waals surface area contributed by atoms with Crippen molar-refractivity contribution in [2.45, 2.75) is 19.4 Å². The first-order valence-electron chi connectivity index (χ1n) is 4.20. The number of isocyanates is 1. The van der Waals surface area contributed by atoms with Crippen LogP contribution in [0.25, 0.3) is 0 Å². The zero-order valence-electron chi connectivity index (χ0n) is 8.11. The van der Waals surface area contributed by atoms with Gasteiger partial charge >= 0.3 is 0 Å². The molecule has 0 bridgehead atoms. The summed E-state index contributed by atoms with van der Waals surface area (Å²) >= 11 is 0. The van der Waals surface area contributed by atoms with Crippen molar-refractivity contribution < 1.29 is 4.79 Å². The van der Waals surface area contributed by atoms with E-state index in [2.05, 4.69) is 4.99 Å². The summed E-state index contributed by atoms with van der Waals surface area (Å²) < 4.78 is 0. The summed E-state index contributed by atoms with van der Waals surface area (Å²) in [5, 5.41) is 8.70. The molecule has 0 aliphatic heterocycles. The van der Waals surface area contributed by atoms with Gasteiger partial charge in [-0.15, -0.1) is 0 Å². The Balaban J connectivity index is 3.20. The molecule has 1 aromatic carbocycles. The van der Waals surface area contributed by atoms with Crippen LogP contribution in [0.1, 0.15) is 25.0 Å². The zero-order valence-corrected chi connectivity index (χ0v) is 8.11. The Labute approximate surface area is 82.7 Å². The van der Waals surface area contributed by atoms with E-state index in [0.29, 0.717) is 5.56 Å². The Morgan fingerprint density at radius 2 is 2.14 bits per heavy atom. The van der Waals surface area contributed by atoms with Gasteiger partial charge in [0, 0.05) is 0 Å². The smallest absolute Gasteiger partial charge is 0.211 e. The maximum atomic E-state index is 10.2. The molecule has 0 saturated heterocycles. The van der Waals surface area contributed by atoms with Crippen LogP contribution in [0.3, 0.4) is 0 Å². The van der Waals surface area contributed by atoms with Crippen LogP contribution in [0.2, 0.25) is 0 Å². The van der Waals surface area contributed by atoms with Crippen molar-refractivity contribution >= 4 is 6.08 Å². The molecule has 3 heteroatoms. The number of rotatable bonds is 2. The maximum absolute atomic E-state index is 10.2. The molecule has 1 aromatic rings. The third-order valence-corrected chi connectivity index (χ3v) is 2.02. The van der Waals surface area contributed by atoms with Crippen molar-refractivity contribution in [1.29, 1.82) is 5.26 Å². The first-order chi connectivity index (χ1) is 6.60. The molecule has 0 atom stereocenters. The molecule has 0 heterocycles. The number of benzene rings is 1. The fourth-order valence-electron chi connectivity index (χ4n) is 1.15. The summed E-state index contributed by atoms with van der Waals surface area (Å²) in [6.45, 7) is 3.60. The third kappa shape index (κ3) is 2.07. The molecule has 0 aromatic heterocycles. The second-order valence-corrected chi connectivity index (χ2v) is 3.45. The van der Waals surface area contributed by atoms with Crippen molar-refractivity contribution in [2.24, 2.45) is 4.99 Å². The van der Waals surface area contributed by atoms with Gasteiger partial charge in [-0.2, -0.15) is 10.3 Å².